The third-order valence-electron chi connectivity index (χ3n) is 7.09. The van der Waals surface area contributed by atoms with E-state index in [2.05, 4.69) is 28.6 Å². The average Bonchev–Trinajstić information content (AvgIpc) is 3.05. The summed E-state index contributed by atoms with van der Waals surface area (Å²) in [6.45, 7) is 0. The van der Waals surface area contributed by atoms with Crippen LogP contribution in [0.25, 0.3) is 55.6 Å². The summed E-state index contributed by atoms with van der Waals surface area (Å²) >= 11 is 0. The van der Waals surface area contributed by atoms with Crippen LogP contribution in [0.5, 0.6) is 11.5 Å². The maximum absolute atomic E-state index is 12.3. The number of hydrogen-bond donors (Lipinski definition) is 6. The summed E-state index contributed by atoms with van der Waals surface area (Å²) in [6.07, 6.45) is 0. The molecular weight excluding hydrogens is 638 g/mol. The third-order valence-corrected chi connectivity index (χ3v) is 8.79. The van der Waals surface area contributed by atoms with Crippen LogP contribution >= 0.6 is 15.6 Å². The van der Waals surface area contributed by atoms with Crippen LogP contribution in [0, 0.1) is 0 Å². The van der Waals surface area contributed by atoms with Gasteiger partial charge < -0.3 is 29.8 Å². The Labute approximate surface area is 271 Å². The minimum absolute atomic E-state index is 0.210. The van der Waals surface area contributed by atoms with Gasteiger partial charge in [0.1, 0.15) is 11.5 Å². The lowest BCUT2D eigenvalue weighted by atomic mass is 9.78. The number of benzene rings is 6. The van der Waals surface area contributed by atoms with E-state index in [1.54, 1.807) is 12.1 Å². The molecule has 0 saturated carbocycles. The summed E-state index contributed by atoms with van der Waals surface area (Å²) in [7, 11) is -10.1. The van der Waals surface area contributed by atoms with Crippen LogP contribution in [0.15, 0.2) is 146 Å². The van der Waals surface area contributed by atoms with Crippen LogP contribution in [-0.2, 0) is 13.4 Å². The molecule has 6 rings (SSSR count). The van der Waals surface area contributed by atoms with Gasteiger partial charge >= 0.3 is 15.6 Å². The zero-order valence-corrected chi connectivity index (χ0v) is 26.4. The number of aromatic hydroxyl groups is 2. The van der Waals surface area contributed by atoms with Crippen molar-refractivity contribution in [2.45, 2.75) is 0 Å². The van der Waals surface area contributed by atoms with Gasteiger partial charge in [-0.15, -0.1) is 0 Å². The van der Waals surface area contributed by atoms with Gasteiger partial charge in [-0.25, -0.2) is 9.13 Å². The molecule has 0 spiro atoms. The van der Waals surface area contributed by atoms with Crippen LogP contribution in [-0.4, -0.2) is 29.8 Å². The number of phosphoric acid groups is 2. The first kappa shape index (κ1) is 33.5. The summed E-state index contributed by atoms with van der Waals surface area (Å²) in [5.74, 6) is 0.448. The second-order valence-corrected chi connectivity index (χ2v) is 12.9. The highest BCUT2D eigenvalue weighted by atomic mass is 31.3. The predicted octanol–water partition coefficient (Wildman–Crippen LogP) is 8.62. The standard InChI is InChI=1S/C36H26O2.H4O7P2/c37-30-23-21-29(22-24-30)31-32(25-13-5-1-6-14-25)34(27-17-9-3-10-18-27)36(38)35(28-19-11-4-12-20-28)33(31)26-15-7-2-8-16-26;1-8(2,3)7-9(4,5)6/h1-24,37-38H;(H2,1,2,3)(H2,4,5,6). The van der Waals surface area contributed by atoms with Crippen molar-refractivity contribution in [3.05, 3.63) is 146 Å². The normalized spacial score (nSPS) is 11.4. The monoisotopic (exact) mass is 668 g/mol. The Morgan fingerprint density at radius 3 is 0.894 bits per heavy atom. The van der Waals surface area contributed by atoms with Gasteiger partial charge in [-0.05, 0) is 45.5 Å². The fourth-order valence-electron chi connectivity index (χ4n) is 5.35. The van der Waals surface area contributed by atoms with Crippen molar-refractivity contribution in [3.8, 4) is 67.1 Å². The summed E-state index contributed by atoms with van der Waals surface area (Å²) in [5.41, 5.74) is 9.26. The van der Waals surface area contributed by atoms with Gasteiger partial charge in [-0.1, -0.05) is 133 Å². The highest BCUT2D eigenvalue weighted by molar-refractivity contribution is 7.60. The average molecular weight is 669 g/mol. The van der Waals surface area contributed by atoms with Crippen LogP contribution in [0.1, 0.15) is 0 Å². The maximum atomic E-state index is 12.3. The van der Waals surface area contributed by atoms with Crippen molar-refractivity contribution in [2.75, 3.05) is 0 Å². The number of rotatable bonds is 7. The van der Waals surface area contributed by atoms with Crippen molar-refractivity contribution in [3.63, 3.8) is 0 Å². The Kier molecular flexibility index (Phi) is 10.2. The van der Waals surface area contributed by atoms with E-state index in [4.69, 9.17) is 19.6 Å². The molecule has 0 aliphatic rings. The van der Waals surface area contributed by atoms with Crippen molar-refractivity contribution >= 4 is 15.6 Å². The molecule has 0 aromatic heterocycles. The molecule has 11 heteroatoms. The topological polar surface area (TPSA) is 165 Å². The third kappa shape index (κ3) is 8.32. The second-order valence-electron chi connectivity index (χ2n) is 10.3. The number of hydrogen-bond acceptors (Lipinski definition) is 5. The lowest BCUT2D eigenvalue weighted by Crippen LogP contribution is -1.99. The van der Waals surface area contributed by atoms with Crippen molar-refractivity contribution in [1.82, 2.24) is 0 Å². The van der Waals surface area contributed by atoms with Gasteiger partial charge in [-0.3, -0.25) is 0 Å². The molecule has 9 nitrogen and oxygen atoms in total. The molecule has 6 aromatic rings. The SMILES string of the molecule is O=P(O)(O)OP(=O)(O)O.Oc1ccc(-c2c(-c3ccccc3)c(-c3ccccc3)c(O)c(-c3ccccc3)c2-c2ccccc2)cc1. The highest BCUT2D eigenvalue weighted by Gasteiger charge is 2.29. The zero-order valence-electron chi connectivity index (χ0n) is 24.7. The van der Waals surface area contributed by atoms with Crippen LogP contribution in [0.3, 0.4) is 0 Å². The van der Waals surface area contributed by atoms with E-state index >= 15 is 0 Å². The lowest BCUT2D eigenvalue weighted by Gasteiger charge is -2.26. The Hall–Kier alpha value is -4.82. The fraction of sp³-hybridized carbons (Fsp3) is 0. The van der Waals surface area contributed by atoms with E-state index in [9.17, 15) is 19.3 Å². The van der Waals surface area contributed by atoms with E-state index in [1.165, 1.54) is 0 Å². The van der Waals surface area contributed by atoms with Gasteiger partial charge in [0.15, 0.2) is 0 Å². The number of phenols is 2. The molecule has 47 heavy (non-hydrogen) atoms. The predicted molar refractivity (Wildman–Crippen MR) is 182 cm³/mol. The summed E-state index contributed by atoms with van der Waals surface area (Å²) in [5, 5.41) is 22.4. The molecule has 0 saturated heterocycles. The van der Waals surface area contributed by atoms with Gasteiger partial charge in [0.2, 0.25) is 0 Å². The lowest BCUT2D eigenvalue weighted by molar-refractivity contribution is 0.225. The van der Waals surface area contributed by atoms with E-state index in [1.807, 2.05) is 109 Å². The highest BCUT2D eigenvalue weighted by Crippen LogP contribution is 2.56. The minimum Gasteiger partial charge on any atom is -0.508 e. The second kappa shape index (κ2) is 14.3. The van der Waals surface area contributed by atoms with E-state index in [0.29, 0.717) is 0 Å². The first-order chi connectivity index (χ1) is 22.4. The molecule has 0 aliphatic heterocycles. The van der Waals surface area contributed by atoms with Crippen LogP contribution in [0.4, 0.5) is 0 Å². The molecule has 0 fully saturated rings. The van der Waals surface area contributed by atoms with Crippen molar-refractivity contribution in [2.24, 2.45) is 0 Å². The maximum Gasteiger partial charge on any atom is 0.478 e. The zero-order chi connectivity index (χ0) is 33.6. The molecule has 0 amide bonds. The molecule has 6 N–H and O–H groups in total. The molecule has 6 aromatic carbocycles. The van der Waals surface area contributed by atoms with E-state index < -0.39 is 15.6 Å². The quantitative estimate of drug-likeness (QED) is 0.0914. The number of phenolic OH excluding ortho intramolecular Hbond substituents is 2. The molecule has 0 atom stereocenters. The minimum atomic E-state index is -5.05. The van der Waals surface area contributed by atoms with E-state index in [0.717, 1.165) is 55.6 Å². The molecule has 0 radical (unpaired) electrons. The summed E-state index contributed by atoms with van der Waals surface area (Å²) in [4.78, 5) is 31.0. The van der Waals surface area contributed by atoms with Gasteiger partial charge in [0.05, 0.1) is 0 Å². The van der Waals surface area contributed by atoms with Crippen molar-refractivity contribution < 1.29 is 43.2 Å². The summed E-state index contributed by atoms with van der Waals surface area (Å²) < 4.78 is 22.2. The Morgan fingerprint density at radius 2 is 0.617 bits per heavy atom. The van der Waals surface area contributed by atoms with Gasteiger partial charge in [0.25, 0.3) is 0 Å². The Balaban J connectivity index is 0.000000424. The van der Waals surface area contributed by atoms with Crippen molar-refractivity contribution in [1.29, 1.82) is 0 Å². The molecule has 0 bridgehead atoms. The molecule has 0 heterocycles. The van der Waals surface area contributed by atoms with Gasteiger partial charge in [-0.2, -0.15) is 4.31 Å². The molecule has 0 unspecified atom stereocenters. The molecule has 238 valence electrons. The van der Waals surface area contributed by atoms with Crippen LogP contribution < -0.4 is 0 Å². The first-order valence-corrected chi connectivity index (χ1v) is 17.3. The largest absolute Gasteiger partial charge is 0.508 e. The molecular formula is C36H30O9P2. The van der Waals surface area contributed by atoms with Crippen LogP contribution in [0.2, 0.25) is 0 Å². The first-order valence-electron chi connectivity index (χ1n) is 14.2. The van der Waals surface area contributed by atoms with Gasteiger partial charge in [0, 0.05) is 22.3 Å². The fourth-order valence-corrected chi connectivity index (χ4v) is 6.46. The smallest absolute Gasteiger partial charge is 0.478 e. The molecule has 0 aliphatic carbocycles. The Morgan fingerprint density at radius 1 is 0.362 bits per heavy atom. The Bertz CT molecular complexity index is 1920. The summed E-state index contributed by atoms with van der Waals surface area (Å²) in [6, 6.07) is 47.9. The van der Waals surface area contributed by atoms with E-state index in [-0.39, 0.29) is 11.5 Å².